The van der Waals surface area contributed by atoms with E-state index in [1.165, 1.54) is 19.3 Å². The second-order valence-corrected chi connectivity index (χ2v) is 6.29. The maximum absolute atomic E-state index is 6.13. The van der Waals surface area contributed by atoms with Crippen molar-refractivity contribution in [2.75, 3.05) is 26.8 Å². The summed E-state index contributed by atoms with van der Waals surface area (Å²) >= 11 is 0. The Labute approximate surface area is 121 Å². The van der Waals surface area contributed by atoms with Gasteiger partial charge in [-0.25, -0.2) is 4.98 Å². The highest BCUT2D eigenvalue weighted by Gasteiger charge is 2.41. The molecule has 2 aliphatic heterocycles. The lowest BCUT2D eigenvalue weighted by molar-refractivity contribution is -0.0536. The molecule has 4 nitrogen and oxygen atoms in total. The van der Waals surface area contributed by atoms with Crippen LogP contribution in [0.15, 0.2) is 18.3 Å². The fraction of sp³-hybridized carbons (Fsp3) is 0.688. The van der Waals surface area contributed by atoms with Gasteiger partial charge < -0.3 is 9.47 Å². The molecule has 1 spiro atoms. The largest absolute Gasteiger partial charge is 0.481 e. The Morgan fingerprint density at radius 1 is 1.55 bits per heavy atom. The summed E-state index contributed by atoms with van der Waals surface area (Å²) in [5.41, 5.74) is 1.27. The predicted octanol–water partition coefficient (Wildman–Crippen LogP) is 2.48. The standard InChI is InChI=1S/C16H24N2O2/c1-13-9-16(20-11-13)6-4-8-18(12-16)10-14-5-3-7-17-15(14)19-2/h3,5,7,13H,4,6,8-12H2,1-2H3/t13-,16-/m0/s1. The monoisotopic (exact) mass is 276 g/mol. The summed E-state index contributed by atoms with van der Waals surface area (Å²) in [6, 6.07) is 4.08. The molecule has 0 bridgehead atoms. The average molecular weight is 276 g/mol. The predicted molar refractivity (Wildman–Crippen MR) is 77.8 cm³/mol. The molecule has 0 radical (unpaired) electrons. The molecular formula is C16H24N2O2. The molecule has 0 amide bonds. The number of aromatic nitrogens is 1. The molecule has 0 N–H and O–H groups in total. The first kappa shape index (κ1) is 13.8. The fourth-order valence-electron chi connectivity index (χ4n) is 3.65. The van der Waals surface area contributed by atoms with Crippen LogP contribution in [0.4, 0.5) is 0 Å². The van der Waals surface area contributed by atoms with Gasteiger partial charge in [0.25, 0.3) is 0 Å². The van der Waals surface area contributed by atoms with Crippen molar-refractivity contribution in [2.45, 2.75) is 38.3 Å². The Kier molecular flexibility index (Phi) is 3.94. The average Bonchev–Trinajstić information content (AvgIpc) is 2.80. The lowest BCUT2D eigenvalue weighted by atomic mass is 9.87. The number of likely N-dealkylation sites (tertiary alicyclic amines) is 1. The van der Waals surface area contributed by atoms with Crippen LogP contribution in [-0.4, -0.2) is 42.3 Å². The minimum absolute atomic E-state index is 0.104. The van der Waals surface area contributed by atoms with Crippen molar-refractivity contribution < 1.29 is 9.47 Å². The zero-order valence-corrected chi connectivity index (χ0v) is 12.5. The zero-order valence-electron chi connectivity index (χ0n) is 12.5. The van der Waals surface area contributed by atoms with Crippen molar-refractivity contribution in [3.05, 3.63) is 23.9 Å². The molecule has 4 heteroatoms. The Morgan fingerprint density at radius 3 is 3.20 bits per heavy atom. The van der Waals surface area contributed by atoms with Crippen molar-refractivity contribution in [2.24, 2.45) is 5.92 Å². The van der Waals surface area contributed by atoms with E-state index in [4.69, 9.17) is 9.47 Å². The van der Waals surface area contributed by atoms with Gasteiger partial charge in [-0.15, -0.1) is 0 Å². The molecule has 2 aliphatic rings. The lowest BCUT2D eigenvalue weighted by Crippen LogP contribution is -2.47. The van der Waals surface area contributed by atoms with Crippen LogP contribution in [0.25, 0.3) is 0 Å². The summed E-state index contributed by atoms with van der Waals surface area (Å²) in [6.45, 7) is 6.28. The zero-order chi connectivity index (χ0) is 14.0. The summed E-state index contributed by atoms with van der Waals surface area (Å²) in [7, 11) is 1.69. The molecule has 2 atom stereocenters. The third kappa shape index (κ3) is 2.81. The minimum atomic E-state index is 0.104. The maximum Gasteiger partial charge on any atom is 0.217 e. The SMILES string of the molecule is COc1ncccc1CN1CCC[C@]2(C[C@H](C)CO2)C1. The highest BCUT2D eigenvalue weighted by Crippen LogP contribution is 2.37. The van der Waals surface area contributed by atoms with Gasteiger partial charge in [0.15, 0.2) is 0 Å². The third-order valence-corrected chi connectivity index (χ3v) is 4.45. The molecule has 0 aliphatic carbocycles. The Balaban J connectivity index is 1.68. The van der Waals surface area contributed by atoms with Gasteiger partial charge in [0.05, 0.1) is 19.3 Å². The van der Waals surface area contributed by atoms with E-state index >= 15 is 0 Å². The van der Waals surface area contributed by atoms with Crippen LogP contribution in [0.2, 0.25) is 0 Å². The van der Waals surface area contributed by atoms with E-state index in [0.717, 1.165) is 37.7 Å². The first-order chi connectivity index (χ1) is 9.71. The second-order valence-electron chi connectivity index (χ2n) is 6.29. The number of nitrogens with zero attached hydrogens (tertiary/aromatic N) is 2. The van der Waals surface area contributed by atoms with E-state index in [1.807, 2.05) is 6.07 Å². The van der Waals surface area contributed by atoms with Crippen LogP contribution < -0.4 is 4.74 Å². The molecule has 3 rings (SSSR count). The van der Waals surface area contributed by atoms with Gasteiger partial charge in [0.1, 0.15) is 0 Å². The first-order valence-electron chi connectivity index (χ1n) is 7.55. The van der Waals surface area contributed by atoms with Crippen LogP contribution in [-0.2, 0) is 11.3 Å². The number of rotatable bonds is 3. The number of hydrogen-bond donors (Lipinski definition) is 0. The molecule has 2 saturated heterocycles. The fourth-order valence-corrected chi connectivity index (χ4v) is 3.65. The normalized spacial score (nSPS) is 30.8. The smallest absolute Gasteiger partial charge is 0.217 e. The van der Waals surface area contributed by atoms with Crippen LogP contribution in [0.5, 0.6) is 5.88 Å². The lowest BCUT2D eigenvalue weighted by Gasteiger charge is -2.39. The Morgan fingerprint density at radius 2 is 2.45 bits per heavy atom. The van der Waals surface area contributed by atoms with E-state index in [0.29, 0.717) is 5.92 Å². The van der Waals surface area contributed by atoms with Gasteiger partial charge in [0.2, 0.25) is 5.88 Å². The van der Waals surface area contributed by atoms with Gasteiger partial charge in [-0.2, -0.15) is 0 Å². The van der Waals surface area contributed by atoms with Crippen molar-refractivity contribution >= 4 is 0 Å². The summed E-state index contributed by atoms with van der Waals surface area (Å²) in [4.78, 5) is 6.77. The summed E-state index contributed by atoms with van der Waals surface area (Å²) in [5.74, 6) is 1.44. The Hall–Kier alpha value is -1.13. The highest BCUT2D eigenvalue weighted by molar-refractivity contribution is 5.25. The number of ether oxygens (including phenoxy) is 2. The van der Waals surface area contributed by atoms with E-state index in [9.17, 15) is 0 Å². The molecule has 0 saturated carbocycles. The van der Waals surface area contributed by atoms with Crippen molar-refractivity contribution in [3.63, 3.8) is 0 Å². The summed E-state index contributed by atoms with van der Waals surface area (Å²) in [6.07, 6.45) is 5.41. The maximum atomic E-state index is 6.13. The third-order valence-electron chi connectivity index (χ3n) is 4.45. The number of methoxy groups -OCH3 is 1. The van der Waals surface area contributed by atoms with Crippen molar-refractivity contribution in [1.82, 2.24) is 9.88 Å². The Bertz CT molecular complexity index is 462. The molecule has 0 unspecified atom stereocenters. The summed E-state index contributed by atoms with van der Waals surface area (Å²) in [5, 5.41) is 0. The first-order valence-corrected chi connectivity index (χ1v) is 7.55. The number of pyridine rings is 1. The van der Waals surface area contributed by atoms with Gasteiger partial charge in [-0.3, -0.25) is 4.90 Å². The molecule has 1 aromatic heterocycles. The second kappa shape index (κ2) is 5.70. The van der Waals surface area contributed by atoms with Crippen LogP contribution in [0.1, 0.15) is 31.7 Å². The van der Waals surface area contributed by atoms with Gasteiger partial charge in [-0.1, -0.05) is 13.0 Å². The molecule has 0 aromatic carbocycles. The van der Waals surface area contributed by atoms with E-state index in [-0.39, 0.29) is 5.60 Å². The highest BCUT2D eigenvalue weighted by atomic mass is 16.5. The molecular weight excluding hydrogens is 252 g/mol. The van der Waals surface area contributed by atoms with E-state index < -0.39 is 0 Å². The van der Waals surface area contributed by atoms with Crippen LogP contribution in [0.3, 0.4) is 0 Å². The summed E-state index contributed by atoms with van der Waals surface area (Å²) < 4.78 is 11.5. The molecule has 110 valence electrons. The van der Waals surface area contributed by atoms with E-state index in [2.05, 4.69) is 22.9 Å². The molecule has 2 fully saturated rings. The number of hydrogen-bond acceptors (Lipinski definition) is 4. The minimum Gasteiger partial charge on any atom is -0.481 e. The molecule has 1 aromatic rings. The molecule has 3 heterocycles. The van der Waals surface area contributed by atoms with Crippen molar-refractivity contribution in [3.8, 4) is 5.88 Å². The molecule has 20 heavy (non-hydrogen) atoms. The van der Waals surface area contributed by atoms with E-state index in [1.54, 1.807) is 13.3 Å². The van der Waals surface area contributed by atoms with Gasteiger partial charge >= 0.3 is 0 Å². The van der Waals surface area contributed by atoms with Gasteiger partial charge in [0, 0.05) is 24.8 Å². The topological polar surface area (TPSA) is 34.6 Å². The van der Waals surface area contributed by atoms with Crippen LogP contribution >= 0.6 is 0 Å². The quantitative estimate of drug-likeness (QED) is 0.849. The van der Waals surface area contributed by atoms with Crippen LogP contribution in [0, 0.1) is 5.92 Å². The number of piperidine rings is 1. The van der Waals surface area contributed by atoms with Gasteiger partial charge in [-0.05, 0) is 37.8 Å². The van der Waals surface area contributed by atoms with Crippen molar-refractivity contribution in [1.29, 1.82) is 0 Å².